The first-order chi connectivity index (χ1) is 13.1. The van der Waals surface area contributed by atoms with E-state index in [4.69, 9.17) is 0 Å². The molecule has 0 aromatic heterocycles. The van der Waals surface area contributed by atoms with Gasteiger partial charge in [-0.3, -0.25) is 0 Å². The molecule has 0 aliphatic rings. The molecule has 0 fully saturated rings. The average molecular weight is 361 g/mol. The van der Waals surface area contributed by atoms with Crippen LogP contribution >= 0.6 is 0 Å². The molecule has 2 aromatic carbocycles. The molecule has 0 radical (unpaired) electrons. The van der Waals surface area contributed by atoms with E-state index in [0.717, 1.165) is 36.0 Å². The standard InChI is InChI=1S/C24H27NO2/c1-3-5-11-18(4-2)16-20-14-9-10-15-21(20)23(22(17-25)24(26)27)19-12-7-6-8-13-19/h6-10,12-15,18H,3-5,11,16H2,1-2H3,(H,26,27)/b23-22+/t18-/m0/s1. The molecule has 0 bridgehead atoms. The fourth-order valence-corrected chi connectivity index (χ4v) is 3.45. The van der Waals surface area contributed by atoms with Crippen LogP contribution < -0.4 is 0 Å². The number of carbonyl (C=O) groups is 1. The number of nitriles is 1. The van der Waals surface area contributed by atoms with Crippen molar-refractivity contribution >= 4 is 11.5 Å². The Balaban J connectivity index is 2.58. The Bertz CT molecular complexity index is 831. The monoisotopic (exact) mass is 361 g/mol. The molecule has 2 rings (SSSR count). The number of unbranched alkanes of at least 4 members (excludes halogenated alkanes) is 1. The summed E-state index contributed by atoms with van der Waals surface area (Å²) in [5.41, 5.74) is 3.00. The summed E-state index contributed by atoms with van der Waals surface area (Å²) in [7, 11) is 0. The maximum atomic E-state index is 11.8. The third-order valence-electron chi connectivity index (χ3n) is 4.98. The molecule has 3 nitrogen and oxygen atoms in total. The number of rotatable bonds is 9. The number of carboxylic acids is 1. The quantitative estimate of drug-likeness (QED) is 0.450. The van der Waals surface area contributed by atoms with Crippen molar-refractivity contribution in [2.75, 3.05) is 0 Å². The Labute approximate surface area is 162 Å². The van der Waals surface area contributed by atoms with Gasteiger partial charge < -0.3 is 5.11 Å². The zero-order valence-electron chi connectivity index (χ0n) is 16.1. The van der Waals surface area contributed by atoms with Crippen molar-refractivity contribution < 1.29 is 9.90 Å². The van der Waals surface area contributed by atoms with Crippen LogP contribution in [0.4, 0.5) is 0 Å². The van der Waals surface area contributed by atoms with Gasteiger partial charge in [0.25, 0.3) is 0 Å². The van der Waals surface area contributed by atoms with Crippen LogP contribution in [0.15, 0.2) is 60.2 Å². The molecule has 0 saturated heterocycles. The summed E-state index contributed by atoms with van der Waals surface area (Å²) in [6, 6.07) is 19.1. The summed E-state index contributed by atoms with van der Waals surface area (Å²) in [6.45, 7) is 4.40. The first-order valence-corrected chi connectivity index (χ1v) is 9.63. The lowest BCUT2D eigenvalue weighted by Crippen LogP contribution is -2.09. The molecule has 0 aliphatic carbocycles. The van der Waals surface area contributed by atoms with E-state index >= 15 is 0 Å². The van der Waals surface area contributed by atoms with Gasteiger partial charge in [0.1, 0.15) is 11.6 Å². The van der Waals surface area contributed by atoms with Crippen LogP contribution in [0.1, 0.15) is 56.2 Å². The minimum atomic E-state index is -1.19. The fourth-order valence-electron chi connectivity index (χ4n) is 3.45. The normalized spacial score (nSPS) is 12.8. The predicted molar refractivity (Wildman–Crippen MR) is 109 cm³/mol. The molecular weight excluding hydrogens is 334 g/mol. The number of carboxylic acid groups (broad SMARTS) is 1. The Hall–Kier alpha value is -2.86. The van der Waals surface area contributed by atoms with Gasteiger partial charge in [0.05, 0.1) is 0 Å². The predicted octanol–water partition coefficient (Wildman–Crippen LogP) is 5.86. The van der Waals surface area contributed by atoms with Crippen molar-refractivity contribution in [1.82, 2.24) is 0 Å². The highest BCUT2D eigenvalue weighted by molar-refractivity contribution is 6.04. The van der Waals surface area contributed by atoms with Crippen LogP contribution in [0.25, 0.3) is 5.57 Å². The topological polar surface area (TPSA) is 61.1 Å². The van der Waals surface area contributed by atoms with Crippen LogP contribution in [0, 0.1) is 17.2 Å². The van der Waals surface area contributed by atoms with Gasteiger partial charge in [-0.25, -0.2) is 4.79 Å². The van der Waals surface area contributed by atoms with Crippen LogP contribution in [0.3, 0.4) is 0 Å². The van der Waals surface area contributed by atoms with E-state index in [2.05, 4.69) is 19.9 Å². The van der Waals surface area contributed by atoms with E-state index in [1.807, 2.05) is 54.6 Å². The van der Waals surface area contributed by atoms with Gasteiger partial charge in [0.2, 0.25) is 0 Å². The maximum absolute atomic E-state index is 11.8. The Morgan fingerprint density at radius 3 is 2.33 bits per heavy atom. The average Bonchev–Trinajstić information content (AvgIpc) is 2.70. The van der Waals surface area contributed by atoms with Crippen molar-refractivity contribution in [1.29, 1.82) is 5.26 Å². The number of aliphatic carboxylic acids is 1. The van der Waals surface area contributed by atoms with Crippen molar-refractivity contribution in [3.8, 4) is 6.07 Å². The van der Waals surface area contributed by atoms with Gasteiger partial charge in [-0.15, -0.1) is 0 Å². The molecule has 0 unspecified atom stereocenters. The van der Waals surface area contributed by atoms with E-state index in [1.165, 1.54) is 12.8 Å². The Morgan fingerprint density at radius 1 is 1.07 bits per heavy atom. The van der Waals surface area contributed by atoms with E-state index in [9.17, 15) is 15.2 Å². The van der Waals surface area contributed by atoms with E-state index in [1.54, 1.807) is 0 Å². The summed E-state index contributed by atoms with van der Waals surface area (Å²) in [5.74, 6) is -0.636. The molecule has 140 valence electrons. The zero-order chi connectivity index (χ0) is 19.6. The second kappa shape index (κ2) is 10.3. The van der Waals surface area contributed by atoms with Crippen LogP contribution in [0.5, 0.6) is 0 Å². The fraction of sp³-hybridized carbons (Fsp3) is 0.333. The van der Waals surface area contributed by atoms with Crippen molar-refractivity contribution in [3.05, 3.63) is 76.9 Å². The second-order valence-electron chi connectivity index (χ2n) is 6.81. The zero-order valence-corrected chi connectivity index (χ0v) is 16.1. The molecule has 0 saturated carbocycles. The summed E-state index contributed by atoms with van der Waals surface area (Å²) in [6.07, 6.45) is 5.51. The SMILES string of the molecule is CCCC[C@H](CC)Cc1ccccc1/C(=C(\C#N)C(=O)O)c1ccccc1. The number of benzene rings is 2. The van der Waals surface area contributed by atoms with E-state index in [0.29, 0.717) is 11.5 Å². The summed E-state index contributed by atoms with van der Waals surface area (Å²) < 4.78 is 0. The van der Waals surface area contributed by atoms with Crippen LogP contribution in [0.2, 0.25) is 0 Å². The molecule has 1 N–H and O–H groups in total. The molecule has 0 amide bonds. The summed E-state index contributed by atoms with van der Waals surface area (Å²) >= 11 is 0. The lowest BCUT2D eigenvalue weighted by Gasteiger charge is -2.19. The third kappa shape index (κ3) is 5.31. The number of nitrogens with zero attached hydrogens (tertiary/aromatic N) is 1. The first kappa shape index (κ1) is 20.5. The van der Waals surface area contributed by atoms with Crippen molar-refractivity contribution in [2.24, 2.45) is 5.92 Å². The van der Waals surface area contributed by atoms with E-state index < -0.39 is 5.97 Å². The maximum Gasteiger partial charge on any atom is 0.347 e. The highest BCUT2D eigenvalue weighted by atomic mass is 16.4. The van der Waals surface area contributed by atoms with Gasteiger partial charge in [-0.2, -0.15) is 5.26 Å². The lowest BCUT2D eigenvalue weighted by molar-refractivity contribution is -0.132. The highest BCUT2D eigenvalue weighted by Crippen LogP contribution is 2.32. The molecule has 0 heterocycles. The largest absolute Gasteiger partial charge is 0.477 e. The third-order valence-corrected chi connectivity index (χ3v) is 4.98. The molecule has 0 spiro atoms. The summed E-state index contributed by atoms with van der Waals surface area (Å²) in [5, 5.41) is 19.2. The molecule has 2 aromatic rings. The first-order valence-electron chi connectivity index (χ1n) is 9.63. The molecule has 0 aliphatic heterocycles. The summed E-state index contributed by atoms with van der Waals surface area (Å²) in [4.78, 5) is 11.8. The van der Waals surface area contributed by atoms with Crippen LogP contribution in [-0.4, -0.2) is 11.1 Å². The lowest BCUT2D eigenvalue weighted by atomic mass is 9.85. The second-order valence-corrected chi connectivity index (χ2v) is 6.81. The minimum Gasteiger partial charge on any atom is -0.477 e. The van der Waals surface area contributed by atoms with Gasteiger partial charge in [-0.1, -0.05) is 94.1 Å². The molecular formula is C24H27NO2. The smallest absolute Gasteiger partial charge is 0.347 e. The minimum absolute atomic E-state index is 0.213. The van der Waals surface area contributed by atoms with Crippen molar-refractivity contribution in [3.63, 3.8) is 0 Å². The number of hydrogen-bond acceptors (Lipinski definition) is 2. The van der Waals surface area contributed by atoms with Crippen LogP contribution in [-0.2, 0) is 11.2 Å². The van der Waals surface area contributed by atoms with Gasteiger partial charge in [0.15, 0.2) is 0 Å². The van der Waals surface area contributed by atoms with Gasteiger partial charge in [-0.05, 0) is 29.0 Å². The van der Waals surface area contributed by atoms with Gasteiger partial charge in [0, 0.05) is 5.57 Å². The molecule has 3 heteroatoms. The number of hydrogen-bond donors (Lipinski definition) is 1. The van der Waals surface area contributed by atoms with Gasteiger partial charge >= 0.3 is 5.97 Å². The molecule has 27 heavy (non-hydrogen) atoms. The van der Waals surface area contributed by atoms with E-state index in [-0.39, 0.29) is 5.57 Å². The Kier molecular flexibility index (Phi) is 7.82. The molecule has 1 atom stereocenters. The highest BCUT2D eigenvalue weighted by Gasteiger charge is 2.21. The van der Waals surface area contributed by atoms with Crippen molar-refractivity contribution in [2.45, 2.75) is 46.0 Å². The Morgan fingerprint density at radius 2 is 1.74 bits per heavy atom.